The number of hydrogen-bond acceptors (Lipinski definition) is 1. The number of hydrogen-bond donors (Lipinski definition) is 1. The number of benzene rings is 1. The zero-order chi connectivity index (χ0) is 9.42. The molecule has 0 bridgehead atoms. The Labute approximate surface area is 85.3 Å². The molecule has 0 saturated heterocycles. The highest BCUT2D eigenvalue weighted by Gasteiger charge is 2.17. The summed E-state index contributed by atoms with van der Waals surface area (Å²) in [5.74, 6) is -0.187. The summed E-state index contributed by atoms with van der Waals surface area (Å²) in [4.78, 5) is 0. The van der Waals surface area contributed by atoms with Gasteiger partial charge in [0.1, 0.15) is 5.82 Å². The molecule has 1 aliphatic rings. The van der Waals surface area contributed by atoms with Crippen LogP contribution >= 0.6 is 15.9 Å². The van der Waals surface area contributed by atoms with Gasteiger partial charge in [0.2, 0.25) is 0 Å². The highest BCUT2D eigenvalue weighted by molar-refractivity contribution is 9.10. The number of aryl methyl sites for hydroxylation is 1. The zero-order valence-corrected chi connectivity index (χ0v) is 8.77. The Morgan fingerprint density at radius 1 is 1.38 bits per heavy atom. The van der Waals surface area contributed by atoms with E-state index in [-0.39, 0.29) is 11.9 Å². The Hall–Kier alpha value is -0.410. The van der Waals surface area contributed by atoms with E-state index in [1.54, 1.807) is 6.07 Å². The molecule has 2 N–H and O–H groups in total. The fourth-order valence-electron chi connectivity index (χ4n) is 1.78. The number of fused-ring (bicyclic) bond motifs is 1. The molecule has 1 aromatic carbocycles. The van der Waals surface area contributed by atoms with E-state index in [1.165, 1.54) is 5.56 Å². The molecule has 1 aromatic rings. The van der Waals surface area contributed by atoms with Crippen molar-refractivity contribution in [3.05, 3.63) is 33.5 Å². The number of rotatable bonds is 0. The third-order valence-corrected chi connectivity index (χ3v) is 3.12. The van der Waals surface area contributed by atoms with Gasteiger partial charge in [-0.2, -0.15) is 0 Å². The highest BCUT2D eigenvalue weighted by atomic mass is 79.9. The van der Waals surface area contributed by atoms with Crippen molar-refractivity contribution in [1.29, 1.82) is 0 Å². The van der Waals surface area contributed by atoms with Crippen LogP contribution in [0.4, 0.5) is 4.39 Å². The fourth-order valence-corrected chi connectivity index (χ4v) is 2.17. The van der Waals surface area contributed by atoms with Gasteiger partial charge in [-0.25, -0.2) is 4.39 Å². The van der Waals surface area contributed by atoms with Gasteiger partial charge in [0.05, 0.1) is 4.47 Å². The topological polar surface area (TPSA) is 26.0 Å². The lowest BCUT2D eigenvalue weighted by Gasteiger charge is -2.21. The van der Waals surface area contributed by atoms with Crippen LogP contribution in [0.25, 0.3) is 0 Å². The van der Waals surface area contributed by atoms with Crippen molar-refractivity contribution >= 4 is 15.9 Å². The fraction of sp³-hybridized carbons (Fsp3) is 0.400. The van der Waals surface area contributed by atoms with E-state index in [1.807, 2.05) is 6.07 Å². The molecule has 3 heteroatoms. The average Bonchev–Trinajstić information content (AvgIpc) is 2.08. The first-order chi connectivity index (χ1) is 6.16. The van der Waals surface area contributed by atoms with Crippen LogP contribution in [0, 0.1) is 5.82 Å². The molecule has 0 aliphatic heterocycles. The number of halogens is 2. The molecule has 1 aliphatic carbocycles. The van der Waals surface area contributed by atoms with Crippen LogP contribution in [-0.4, -0.2) is 6.04 Å². The Morgan fingerprint density at radius 3 is 2.92 bits per heavy atom. The van der Waals surface area contributed by atoms with E-state index in [9.17, 15) is 4.39 Å². The first-order valence-corrected chi connectivity index (χ1v) is 5.18. The van der Waals surface area contributed by atoms with E-state index < -0.39 is 0 Å². The van der Waals surface area contributed by atoms with E-state index in [4.69, 9.17) is 5.73 Å². The summed E-state index contributed by atoms with van der Waals surface area (Å²) in [7, 11) is 0. The Balaban J connectivity index is 2.43. The van der Waals surface area contributed by atoms with Crippen LogP contribution in [0.5, 0.6) is 0 Å². The standard InChI is InChI=1S/C10H11BrFN/c11-9-4-6-1-2-8(13)3-7(6)5-10(9)12/h4-5,8H,1-3,13H2. The van der Waals surface area contributed by atoms with Crippen molar-refractivity contribution in [2.24, 2.45) is 5.73 Å². The Kier molecular flexibility index (Phi) is 2.39. The van der Waals surface area contributed by atoms with Gasteiger partial charge in [-0.15, -0.1) is 0 Å². The van der Waals surface area contributed by atoms with Gasteiger partial charge < -0.3 is 5.73 Å². The quantitative estimate of drug-likeness (QED) is 0.745. The molecule has 0 radical (unpaired) electrons. The van der Waals surface area contributed by atoms with E-state index in [0.717, 1.165) is 24.8 Å². The maximum absolute atomic E-state index is 13.1. The molecule has 0 heterocycles. The van der Waals surface area contributed by atoms with E-state index in [0.29, 0.717) is 4.47 Å². The summed E-state index contributed by atoms with van der Waals surface area (Å²) in [6, 6.07) is 3.67. The first kappa shape index (κ1) is 9.16. The molecule has 13 heavy (non-hydrogen) atoms. The molecule has 0 saturated carbocycles. The molecule has 1 atom stereocenters. The zero-order valence-electron chi connectivity index (χ0n) is 7.19. The molecule has 0 spiro atoms. The third kappa shape index (κ3) is 1.76. The predicted octanol–water partition coefficient (Wildman–Crippen LogP) is 2.40. The minimum atomic E-state index is -0.187. The molecular formula is C10H11BrFN. The maximum Gasteiger partial charge on any atom is 0.137 e. The van der Waals surface area contributed by atoms with Gasteiger partial charge in [0.15, 0.2) is 0 Å². The lowest BCUT2D eigenvalue weighted by molar-refractivity contribution is 0.563. The summed E-state index contributed by atoms with van der Waals surface area (Å²) < 4.78 is 13.7. The van der Waals surface area contributed by atoms with Gasteiger partial charge >= 0.3 is 0 Å². The lowest BCUT2D eigenvalue weighted by Crippen LogP contribution is -2.27. The highest BCUT2D eigenvalue weighted by Crippen LogP contribution is 2.26. The lowest BCUT2D eigenvalue weighted by atomic mass is 9.89. The summed E-state index contributed by atoms with van der Waals surface area (Å²) >= 11 is 3.18. The molecule has 0 amide bonds. The van der Waals surface area contributed by atoms with Crippen LogP contribution in [0.3, 0.4) is 0 Å². The normalized spacial score (nSPS) is 21.3. The van der Waals surface area contributed by atoms with Crippen LogP contribution < -0.4 is 5.73 Å². The molecule has 1 unspecified atom stereocenters. The monoisotopic (exact) mass is 243 g/mol. The summed E-state index contributed by atoms with van der Waals surface area (Å²) in [6.07, 6.45) is 2.78. The van der Waals surface area contributed by atoms with Crippen LogP contribution in [0.1, 0.15) is 17.5 Å². The van der Waals surface area contributed by atoms with Crippen molar-refractivity contribution in [2.75, 3.05) is 0 Å². The third-order valence-electron chi connectivity index (χ3n) is 2.51. The second kappa shape index (κ2) is 3.39. The summed E-state index contributed by atoms with van der Waals surface area (Å²) in [5.41, 5.74) is 8.10. The van der Waals surface area contributed by atoms with Crippen molar-refractivity contribution in [3.63, 3.8) is 0 Å². The van der Waals surface area contributed by atoms with E-state index >= 15 is 0 Å². The molecule has 2 rings (SSSR count). The smallest absolute Gasteiger partial charge is 0.137 e. The first-order valence-electron chi connectivity index (χ1n) is 4.39. The largest absolute Gasteiger partial charge is 0.327 e. The Bertz CT molecular complexity index is 338. The number of nitrogens with two attached hydrogens (primary N) is 1. The van der Waals surface area contributed by atoms with E-state index in [2.05, 4.69) is 15.9 Å². The van der Waals surface area contributed by atoms with Crippen LogP contribution in [-0.2, 0) is 12.8 Å². The van der Waals surface area contributed by atoms with Crippen LogP contribution in [0.15, 0.2) is 16.6 Å². The molecule has 0 fully saturated rings. The van der Waals surface area contributed by atoms with Gasteiger partial charge in [0, 0.05) is 6.04 Å². The second-order valence-electron chi connectivity index (χ2n) is 3.54. The SMILES string of the molecule is NC1CCc2cc(Br)c(F)cc2C1. The molecule has 70 valence electrons. The Morgan fingerprint density at radius 2 is 2.15 bits per heavy atom. The molecule has 1 nitrogen and oxygen atoms in total. The van der Waals surface area contributed by atoms with Crippen molar-refractivity contribution in [3.8, 4) is 0 Å². The van der Waals surface area contributed by atoms with Gasteiger partial charge in [-0.05, 0) is 58.5 Å². The average molecular weight is 244 g/mol. The summed E-state index contributed by atoms with van der Waals surface area (Å²) in [5, 5.41) is 0. The van der Waals surface area contributed by atoms with Gasteiger partial charge in [-0.3, -0.25) is 0 Å². The van der Waals surface area contributed by atoms with Crippen LogP contribution in [0.2, 0.25) is 0 Å². The molecule has 0 aromatic heterocycles. The minimum Gasteiger partial charge on any atom is -0.327 e. The predicted molar refractivity (Wildman–Crippen MR) is 54.1 cm³/mol. The van der Waals surface area contributed by atoms with Crippen molar-refractivity contribution in [1.82, 2.24) is 0 Å². The summed E-state index contributed by atoms with van der Waals surface area (Å²) in [6.45, 7) is 0. The van der Waals surface area contributed by atoms with Gasteiger partial charge in [-0.1, -0.05) is 0 Å². The van der Waals surface area contributed by atoms with Crippen molar-refractivity contribution < 1.29 is 4.39 Å². The van der Waals surface area contributed by atoms with Gasteiger partial charge in [0.25, 0.3) is 0 Å². The maximum atomic E-state index is 13.1. The molecular weight excluding hydrogens is 233 g/mol. The van der Waals surface area contributed by atoms with Crippen molar-refractivity contribution in [2.45, 2.75) is 25.3 Å². The minimum absolute atomic E-state index is 0.187. The second-order valence-corrected chi connectivity index (χ2v) is 4.39.